The predicted molar refractivity (Wildman–Crippen MR) is 121 cm³/mol. The summed E-state index contributed by atoms with van der Waals surface area (Å²) in [6.07, 6.45) is 1.58. The number of nitrogens with one attached hydrogen (secondary N) is 2. The van der Waals surface area contributed by atoms with Crippen LogP contribution in [0.15, 0.2) is 47.5 Å². The predicted octanol–water partition coefficient (Wildman–Crippen LogP) is 3.34. The van der Waals surface area contributed by atoms with Crippen molar-refractivity contribution in [3.8, 4) is 11.5 Å². The van der Waals surface area contributed by atoms with Gasteiger partial charge in [-0.15, -0.1) is 0 Å². The summed E-state index contributed by atoms with van der Waals surface area (Å²) in [6.45, 7) is 4.99. The molecule has 1 unspecified atom stereocenters. The molecule has 7 heteroatoms. The van der Waals surface area contributed by atoms with E-state index in [1.807, 2.05) is 56.3 Å². The van der Waals surface area contributed by atoms with Crippen molar-refractivity contribution in [2.75, 3.05) is 26.1 Å². The SMILES string of the molecule is CCC(C)C(=O)Nc1cccc(CN=C(N)NCCc2ccc(OC)c(OC)c2)c1. The Morgan fingerprint density at radius 1 is 1.10 bits per heavy atom. The number of benzene rings is 2. The zero-order valence-electron chi connectivity index (χ0n) is 18.2. The average Bonchev–Trinajstić information content (AvgIpc) is 2.77. The molecule has 0 aromatic heterocycles. The fraction of sp³-hybridized carbons (Fsp3) is 0.391. The van der Waals surface area contributed by atoms with E-state index in [1.54, 1.807) is 14.2 Å². The number of anilines is 1. The van der Waals surface area contributed by atoms with Crippen LogP contribution in [0.2, 0.25) is 0 Å². The van der Waals surface area contributed by atoms with E-state index in [9.17, 15) is 4.79 Å². The van der Waals surface area contributed by atoms with Crippen LogP contribution in [-0.2, 0) is 17.8 Å². The van der Waals surface area contributed by atoms with Crippen LogP contribution in [0.25, 0.3) is 0 Å². The first kappa shape index (κ1) is 23.1. The number of guanidine groups is 1. The third kappa shape index (κ3) is 6.99. The molecule has 162 valence electrons. The van der Waals surface area contributed by atoms with Gasteiger partial charge in [-0.25, -0.2) is 4.99 Å². The first-order chi connectivity index (χ1) is 14.5. The first-order valence-electron chi connectivity index (χ1n) is 10.1. The number of ether oxygens (including phenoxy) is 2. The summed E-state index contributed by atoms with van der Waals surface area (Å²) in [5.41, 5.74) is 8.84. The van der Waals surface area contributed by atoms with Crippen molar-refractivity contribution >= 4 is 17.6 Å². The molecule has 0 bridgehead atoms. The number of carbonyl (C=O) groups is 1. The number of carbonyl (C=O) groups excluding carboxylic acids is 1. The highest BCUT2D eigenvalue weighted by molar-refractivity contribution is 5.92. The molecule has 0 aliphatic heterocycles. The van der Waals surface area contributed by atoms with Crippen LogP contribution >= 0.6 is 0 Å². The van der Waals surface area contributed by atoms with Gasteiger partial charge in [0.15, 0.2) is 17.5 Å². The van der Waals surface area contributed by atoms with Gasteiger partial charge in [-0.1, -0.05) is 32.0 Å². The van der Waals surface area contributed by atoms with Gasteiger partial charge in [0.1, 0.15) is 0 Å². The highest BCUT2D eigenvalue weighted by Gasteiger charge is 2.10. The van der Waals surface area contributed by atoms with Crippen molar-refractivity contribution in [2.24, 2.45) is 16.6 Å². The molecule has 2 aromatic carbocycles. The average molecular weight is 413 g/mol. The quantitative estimate of drug-likeness (QED) is 0.411. The molecule has 7 nitrogen and oxygen atoms in total. The summed E-state index contributed by atoms with van der Waals surface area (Å²) in [5.74, 6) is 1.80. The van der Waals surface area contributed by atoms with E-state index in [4.69, 9.17) is 15.2 Å². The summed E-state index contributed by atoms with van der Waals surface area (Å²) in [4.78, 5) is 16.4. The van der Waals surface area contributed by atoms with Crippen LogP contribution in [0.4, 0.5) is 5.69 Å². The van der Waals surface area contributed by atoms with Gasteiger partial charge in [0.25, 0.3) is 0 Å². The van der Waals surface area contributed by atoms with Crippen molar-refractivity contribution in [2.45, 2.75) is 33.2 Å². The number of rotatable bonds is 10. The maximum atomic E-state index is 12.0. The van der Waals surface area contributed by atoms with Crippen LogP contribution in [0.3, 0.4) is 0 Å². The van der Waals surface area contributed by atoms with Gasteiger partial charge in [0, 0.05) is 18.2 Å². The minimum atomic E-state index is -0.0165. The monoisotopic (exact) mass is 412 g/mol. The Morgan fingerprint density at radius 3 is 2.57 bits per heavy atom. The second-order valence-electron chi connectivity index (χ2n) is 7.07. The molecule has 0 saturated carbocycles. The third-order valence-corrected chi connectivity index (χ3v) is 4.85. The van der Waals surface area contributed by atoms with Crippen LogP contribution < -0.4 is 25.8 Å². The number of aliphatic imine (C=N–C) groups is 1. The van der Waals surface area contributed by atoms with Gasteiger partial charge in [-0.2, -0.15) is 0 Å². The lowest BCUT2D eigenvalue weighted by molar-refractivity contribution is -0.119. The minimum absolute atomic E-state index is 0.0165. The van der Waals surface area contributed by atoms with Crippen LogP contribution in [-0.4, -0.2) is 32.6 Å². The normalized spacial score (nSPS) is 12.2. The Hall–Kier alpha value is -3.22. The Morgan fingerprint density at radius 2 is 1.87 bits per heavy atom. The van der Waals surface area contributed by atoms with Crippen LogP contribution in [0.1, 0.15) is 31.4 Å². The first-order valence-corrected chi connectivity index (χ1v) is 10.1. The summed E-state index contributed by atoms with van der Waals surface area (Å²) < 4.78 is 10.6. The smallest absolute Gasteiger partial charge is 0.227 e. The maximum absolute atomic E-state index is 12.0. The van der Waals surface area contributed by atoms with Crippen LogP contribution in [0, 0.1) is 5.92 Å². The Bertz CT molecular complexity index is 867. The zero-order valence-corrected chi connectivity index (χ0v) is 18.2. The van der Waals surface area contributed by atoms with E-state index in [0.717, 1.165) is 29.7 Å². The lowest BCUT2D eigenvalue weighted by Gasteiger charge is -2.11. The number of nitrogens with two attached hydrogens (primary N) is 1. The largest absolute Gasteiger partial charge is 0.493 e. The van der Waals surface area contributed by atoms with Gasteiger partial charge in [-0.3, -0.25) is 4.79 Å². The molecule has 2 rings (SSSR count). The number of methoxy groups -OCH3 is 2. The molecule has 1 amide bonds. The number of amides is 1. The number of hydrogen-bond acceptors (Lipinski definition) is 4. The highest BCUT2D eigenvalue weighted by Crippen LogP contribution is 2.27. The summed E-state index contributed by atoms with van der Waals surface area (Å²) >= 11 is 0. The molecule has 0 radical (unpaired) electrons. The molecular formula is C23H32N4O3. The van der Waals surface area contributed by atoms with Gasteiger partial charge in [0.2, 0.25) is 5.91 Å². The van der Waals surface area contributed by atoms with E-state index in [0.29, 0.717) is 30.5 Å². The van der Waals surface area contributed by atoms with Gasteiger partial charge in [0.05, 0.1) is 20.8 Å². The minimum Gasteiger partial charge on any atom is -0.493 e. The molecule has 30 heavy (non-hydrogen) atoms. The van der Waals surface area contributed by atoms with E-state index in [2.05, 4.69) is 15.6 Å². The van der Waals surface area contributed by atoms with Crippen molar-refractivity contribution in [3.63, 3.8) is 0 Å². The zero-order chi connectivity index (χ0) is 21.9. The second-order valence-corrected chi connectivity index (χ2v) is 7.07. The van der Waals surface area contributed by atoms with Gasteiger partial charge < -0.3 is 25.8 Å². The lowest BCUT2D eigenvalue weighted by atomic mass is 10.1. The maximum Gasteiger partial charge on any atom is 0.227 e. The van der Waals surface area contributed by atoms with E-state index in [-0.39, 0.29) is 11.8 Å². The van der Waals surface area contributed by atoms with Crippen molar-refractivity contribution in [1.29, 1.82) is 0 Å². The van der Waals surface area contributed by atoms with Crippen molar-refractivity contribution in [1.82, 2.24) is 5.32 Å². The van der Waals surface area contributed by atoms with E-state index >= 15 is 0 Å². The fourth-order valence-corrected chi connectivity index (χ4v) is 2.80. The summed E-state index contributed by atoms with van der Waals surface area (Å²) in [5, 5.41) is 6.06. The Kier molecular flexibility index (Phi) is 9.00. The van der Waals surface area contributed by atoms with E-state index < -0.39 is 0 Å². The third-order valence-electron chi connectivity index (χ3n) is 4.85. The Labute approximate surface area is 178 Å². The Balaban J connectivity index is 1.85. The molecule has 0 saturated heterocycles. The molecule has 2 aromatic rings. The molecule has 0 aliphatic carbocycles. The topological polar surface area (TPSA) is 98.0 Å². The van der Waals surface area contributed by atoms with Gasteiger partial charge in [-0.05, 0) is 48.2 Å². The molecule has 0 aliphatic rings. The fourth-order valence-electron chi connectivity index (χ4n) is 2.80. The molecule has 0 fully saturated rings. The molecule has 1 atom stereocenters. The second kappa shape index (κ2) is 11.7. The summed E-state index contributed by atoms with van der Waals surface area (Å²) in [7, 11) is 3.24. The standard InChI is InChI=1S/C23H32N4O3/c1-5-16(2)22(28)27-19-8-6-7-18(13-19)15-26-23(24)25-12-11-17-9-10-20(29-3)21(14-17)30-4/h6-10,13-14,16H,5,11-12,15H2,1-4H3,(H,27,28)(H3,24,25,26). The lowest BCUT2D eigenvalue weighted by Crippen LogP contribution is -2.33. The van der Waals surface area contributed by atoms with Crippen molar-refractivity contribution in [3.05, 3.63) is 53.6 Å². The molecule has 0 heterocycles. The van der Waals surface area contributed by atoms with Gasteiger partial charge >= 0.3 is 0 Å². The number of hydrogen-bond donors (Lipinski definition) is 3. The van der Waals surface area contributed by atoms with Crippen molar-refractivity contribution < 1.29 is 14.3 Å². The van der Waals surface area contributed by atoms with E-state index in [1.165, 1.54) is 0 Å². The van der Waals surface area contributed by atoms with Crippen LogP contribution in [0.5, 0.6) is 11.5 Å². The number of nitrogens with zero attached hydrogens (tertiary/aromatic N) is 1. The highest BCUT2D eigenvalue weighted by atomic mass is 16.5. The molecular weight excluding hydrogens is 380 g/mol. The molecule has 4 N–H and O–H groups in total. The molecule has 0 spiro atoms. The summed E-state index contributed by atoms with van der Waals surface area (Å²) in [6, 6.07) is 13.5.